The van der Waals surface area contributed by atoms with Crippen molar-refractivity contribution in [3.8, 4) is 0 Å². The van der Waals surface area contributed by atoms with Gasteiger partial charge in [-0.2, -0.15) is 0 Å². The summed E-state index contributed by atoms with van der Waals surface area (Å²) >= 11 is 7.48. The number of hydrogen-bond donors (Lipinski definition) is 9. The van der Waals surface area contributed by atoms with Crippen LogP contribution in [0.1, 0.15) is 212 Å². The number of ether oxygens (including phenoxy) is 4. The second-order valence-corrected chi connectivity index (χ2v) is 41.3. The van der Waals surface area contributed by atoms with Gasteiger partial charge in [0.05, 0.1) is 35.4 Å². The summed E-state index contributed by atoms with van der Waals surface area (Å²) in [7, 11) is 0. The van der Waals surface area contributed by atoms with Crippen molar-refractivity contribution in [2.75, 3.05) is 26.4 Å². The zero-order valence-corrected chi connectivity index (χ0v) is 72.4. The molecule has 13 fully saturated rings. The predicted molar refractivity (Wildman–Crippen MR) is 432 cm³/mol. The van der Waals surface area contributed by atoms with E-state index in [4.69, 9.17) is 30.5 Å². The fourth-order valence-corrected chi connectivity index (χ4v) is 29.9. The maximum Gasteiger partial charge on any atom is 0.306 e. The predicted octanol–water partition coefficient (Wildman–Crippen LogP) is 8.89. The van der Waals surface area contributed by atoms with E-state index >= 15 is 8.78 Å². The summed E-state index contributed by atoms with van der Waals surface area (Å²) in [4.78, 5) is 136. The minimum absolute atomic E-state index is 0.0109. The summed E-state index contributed by atoms with van der Waals surface area (Å²) in [6.07, 6.45) is 19.9. The first-order valence-electron chi connectivity index (χ1n) is 43.6. The highest BCUT2D eigenvalue weighted by Gasteiger charge is 2.82. The number of carbonyl (C=O) groups excluding carboxylic acids is 11. The zero-order valence-electron chi connectivity index (χ0n) is 71.6. The van der Waals surface area contributed by atoms with Crippen molar-refractivity contribution in [2.45, 2.75) is 287 Å². The van der Waals surface area contributed by atoms with Gasteiger partial charge < -0.3 is 64.9 Å². The molecule has 17 rings (SSSR count). The summed E-state index contributed by atoms with van der Waals surface area (Å²) in [5.41, 5.74) is -14.9. The van der Waals surface area contributed by atoms with Crippen LogP contribution >= 0.6 is 11.6 Å². The van der Waals surface area contributed by atoms with Crippen LogP contribution < -0.4 is 0 Å². The molecule has 0 amide bonds. The molecule has 24 nitrogen and oxygen atoms in total. The largest absolute Gasteiger partial charge is 0.457 e. The average Bonchev–Trinajstić information content (AvgIpc) is 1.59. The first-order chi connectivity index (χ1) is 56.3. The lowest BCUT2D eigenvalue weighted by molar-refractivity contribution is -0.246. The molecule has 1 aliphatic heterocycles. The third-order valence-corrected chi connectivity index (χ3v) is 36.4. The van der Waals surface area contributed by atoms with Gasteiger partial charge in [-0.15, -0.1) is 11.6 Å². The number of allylic oxidation sites excluding steroid dienone is 16. The van der Waals surface area contributed by atoms with E-state index < -0.39 is 197 Å². The highest BCUT2D eigenvalue weighted by Crippen LogP contribution is 2.76. The summed E-state index contributed by atoms with van der Waals surface area (Å²) in [6.45, 7) is 20.5. The SMILES string of the molecule is CC1(C)O[C@@H]2C[C@H]3[C@@H]4CCC5=CC(=O)C=C[C@]5(C)[C@@]4(F)[C@@H](O)C[C@]3(C)[C@]2(C(=O)CO)O1.CCC(=O)OCC(=O)[C@@]1(OC(=O)CC)[C@@H](C)C[C@H]2[C@@H]3CCC4=CC(=O)C=C[C@]4(C)[C@@]3(Cl)[C@@H](O)C[C@@]21C.C[C@]12C=CC(=O)C=C1CC[C@@H]1[C@@H]2C(=O)C[C@@]2(C)[C@H]1CC[C@]2(O)C(=O)CO.C[C@]12C=CC(=O)C=C1CC[C@H]1[C@@H]3C[C@@H](O)[C@](O)(C(=O)CO)[C@@]3(C)C[C@H](O)[C@@]12F. The van der Waals surface area contributed by atoms with Gasteiger partial charge in [-0.1, -0.05) is 109 Å². The molecule has 0 radical (unpaired) electrons. The van der Waals surface area contributed by atoms with Crippen LogP contribution in [0.3, 0.4) is 0 Å². The Kier molecular flexibility index (Phi) is 22.6. The Morgan fingerprint density at radius 3 is 1.50 bits per heavy atom. The molecular weight excluding hydrogens is 1590 g/mol. The molecule has 16 aliphatic carbocycles. The van der Waals surface area contributed by atoms with Gasteiger partial charge in [-0.05, 0) is 215 Å². The average molecular weight is 1710 g/mol. The maximum absolute atomic E-state index is 17.1. The van der Waals surface area contributed by atoms with Crippen LogP contribution in [0.4, 0.5) is 8.78 Å². The lowest BCUT2D eigenvalue weighted by Gasteiger charge is -2.64. The van der Waals surface area contributed by atoms with Crippen LogP contribution in [0, 0.1) is 102 Å². The van der Waals surface area contributed by atoms with Gasteiger partial charge in [0.2, 0.25) is 5.78 Å². The maximum atomic E-state index is 17.1. The number of carbonyl (C=O) groups is 11. The smallest absolute Gasteiger partial charge is 0.306 e. The summed E-state index contributed by atoms with van der Waals surface area (Å²) in [5.74, 6) is -7.66. The number of esters is 2. The van der Waals surface area contributed by atoms with Gasteiger partial charge in [0, 0.05) is 86.3 Å². The molecule has 0 aromatic rings. The Balaban J connectivity index is 0.000000133. The Morgan fingerprint density at radius 1 is 0.504 bits per heavy atom. The van der Waals surface area contributed by atoms with E-state index in [1.54, 1.807) is 72.8 Å². The molecule has 1 heterocycles. The number of aliphatic hydroxyl groups is 9. The van der Waals surface area contributed by atoms with Gasteiger partial charge >= 0.3 is 11.9 Å². The molecule has 0 bridgehead atoms. The Hall–Kier alpha value is -6.40. The minimum Gasteiger partial charge on any atom is -0.457 e. The van der Waals surface area contributed by atoms with Crippen molar-refractivity contribution in [3.05, 3.63) is 95.2 Å². The van der Waals surface area contributed by atoms with Crippen LogP contribution in [0.2, 0.25) is 0 Å². The number of Topliss-reactive ketones (excluding diaryl/α,β-unsaturated/α-hetero) is 5. The molecule has 27 heteroatoms. The molecule has 12 saturated carbocycles. The fraction of sp³-hybridized carbons (Fsp3) is 0.713. The quantitative estimate of drug-likeness (QED) is 0.0650. The Bertz CT molecular complexity index is 4690. The van der Waals surface area contributed by atoms with E-state index in [9.17, 15) is 98.7 Å². The van der Waals surface area contributed by atoms with Crippen molar-refractivity contribution in [3.63, 3.8) is 0 Å². The standard InChI is InChI=1S/C28H37ClO7.C24H31FO6.C21H27FO6.C21H26O5/c1-6-23(33)35-15-22(32)28(36-24(34)7-2)16(3)12-20-19-9-8-17-13-18(30)10-11-25(17,4)27(19,29)21(31)14-26(20,28)5;1-20(2)30-19-10-16-15-6-5-13-9-14(27)7-8-21(13,3)23(15,25)17(28)11-22(16,4)24(19,31-20)18(29)12-26;1-18-6-5-12(24)7-11(18)3-4-13-14-8-15(25)21(28,17(27)10-23)19(14,2)9-16(26)20(13,18)22;1-19-7-5-13(23)9-12(19)3-4-14-15-6-8-21(26,17(25)11-22)20(15,2)10-16(24)18(14)19/h10-11,13,16,19-21,31H,6-9,12,14-15H2,1-5H3;7-9,15-17,19,26,28H,5-6,10-12H2,1-4H3;5-7,13-16,23,25-26,28H,3-4,8-10H2,1-2H3;5,7,9,14-15,18,22,26H,3-4,6,8,10-11H2,1-2H3/t16-,19-,20-,21-,25-,26-,27-,28-;15-,16-,17-,19+,21-,22-,23-,24+;13-,14-,15+,16-,18-,19-,20-,21-;14-,15-,18+,19-,20-,21-/m0000/s1. The summed E-state index contributed by atoms with van der Waals surface area (Å²) in [5, 5.41) is 95.5. The Labute approximate surface area is 709 Å². The summed E-state index contributed by atoms with van der Waals surface area (Å²) in [6, 6.07) is 0. The number of halogens is 3. The molecule has 0 aromatic carbocycles. The second kappa shape index (κ2) is 30.1. The monoisotopic (exact) mass is 1710 g/mol. The van der Waals surface area contributed by atoms with Crippen LogP contribution in [-0.4, -0.2) is 211 Å². The highest BCUT2D eigenvalue weighted by molar-refractivity contribution is 6.26. The molecule has 1 saturated heterocycles. The number of alkyl halides is 3. The van der Waals surface area contributed by atoms with E-state index in [1.165, 1.54) is 36.5 Å². The molecule has 121 heavy (non-hydrogen) atoms. The van der Waals surface area contributed by atoms with Crippen molar-refractivity contribution in [1.82, 2.24) is 0 Å². The first kappa shape index (κ1) is 90.8. The number of aliphatic hydroxyl groups excluding tert-OH is 7. The number of fused-ring (bicyclic) bond motifs is 22. The second-order valence-electron chi connectivity index (χ2n) is 40.7. The van der Waals surface area contributed by atoms with Gasteiger partial charge in [0.25, 0.3) is 0 Å². The minimum atomic E-state index is -2.23. The Morgan fingerprint density at radius 2 is 0.967 bits per heavy atom. The molecular formula is C94H121ClF2O24. The molecule has 0 aromatic heterocycles. The van der Waals surface area contributed by atoms with Gasteiger partial charge in [-0.3, -0.25) is 52.7 Å². The third-order valence-electron chi connectivity index (χ3n) is 35.4. The van der Waals surface area contributed by atoms with Crippen LogP contribution in [0.25, 0.3) is 0 Å². The highest BCUT2D eigenvalue weighted by atomic mass is 35.5. The van der Waals surface area contributed by atoms with Crippen molar-refractivity contribution in [1.29, 1.82) is 0 Å². The van der Waals surface area contributed by atoms with E-state index in [0.717, 1.165) is 29.6 Å². The van der Waals surface area contributed by atoms with E-state index in [1.807, 2.05) is 53.7 Å². The third kappa shape index (κ3) is 12.1. The van der Waals surface area contributed by atoms with Crippen LogP contribution in [0.5, 0.6) is 0 Å². The molecule has 9 N–H and O–H groups in total. The molecule has 0 unspecified atom stereocenters. The van der Waals surface area contributed by atoms with Crippen LogP contribution in [-0.2, 0) is 71.7 Å². The first-order valence-corrected chi connectivity index (χ1v) is 43.9. The van der Waals surface area contributed by atoms with Gasteiger partial charge in [0.1, 0.15) is 31.2 Å². The lowest BCUT2D eigenvalue weighted by Crippen LogP contribution is -2.70. The van der Waals surface area contributed by atoms with Crippen molar-refractivity contribution < 1.29 is 126 Å². The zero-order chi connectivity index (χ0) is 88.9. The van der Waals surface area contributed by atoms with E-state index in [0.29, 0.717) is 69.8 Å². The number of hydrogen-bond acceptors (Lipinski definition) is 24. The number of ketones is 9. The molecule has 0 spiro atoms. The topological polar surface area (TPSA) is 407 Å². The van der Waals surface area contributed by atoms with Crippen molar-refractivity contribution in [2.24, 2.45) is 102 Å². The molecule has 30 atom stereocenters. The molecule has 662 valence electrons. The van der Waals surface area contributed by atoms with Gasteiger partial charge in [0.15, 0.2) is 81.0 Å². The summed E-state index contributed by atoms with van der Waals surface area (Å²) < 4.78 is 57.6. The number of rotatable bonds is 12. The normalized spacial score (nSPS) is 48.4. The van der Waals surface area contributed by atoms with Gasteiger partial charge in [-0.25, -0.2) is 8.78 Å². The fourth-order valence-electron chi connectivity index (χ4n) is 29.4. The van der Waals surface area contributed by atoms with Crippen molar-refractivity contribution >= 4 is 75.6 Å². The van der Waals surface area contributed by atoms with E-state index in [2.05, 4.69) is 0 Å². The van der Waals surface area contributed by atoms with Crippen LogP contribution in [0.15, 0.2) is 95.2 Å². The lowest BCUT2D eigenvalue weighted by atomic mass is 9.44. The van der Waals surface area contributed by atoms with E-state index in [-0.39, 0.29) is 115 Å². The molecule has 17 aliphatic rings.